The molecule has 0 fully saturated rings. The second kappa shape index (κ2) is 14.1. The van der Waals surface area contributed by atoms with Crippen LogP contribution >= 0.6 is 24.0 Å². The zero-order valence-corrected chi connectivity index (χ0v) is 19.9. The number of aromatic nitrogens is 1. The van der Waals surface area contributed by atoms with Gasteiger partial charge in [-0.3, -0.25) is 0 Å². The number of guanidine groups is 1. The smallest absolute Gasteiger partial charge is 0.411 e. The van der Waals surface area contributed by atoms with Gasteiger partial charge in [0.05, 0.1) is 19.8 Å². The normalized spacial score (nSPS) is 11.6. The molecule has 0 unspecified atom stereocenters. The molecular formula is C21H28F3IN4O2. The van der Waals surface area contributed by atoms with Crippen molar-refractivity contribution in [3.05, 3.63) is 59.3 Å². The minimum absolute atomic E-state index is 0. The summed E-state index contributed by atoms with van der Waals surface area (Å²) in [5, 5.41) is 6.43. The van der Waals surface area contributed by atoms with Crippen molar-refractivity contribution in [1.29, 1.82) is 0 Å². The second-order valence-corrected chi connectivity index (χ2v) is 6.37. The quantitative estimate of drug-likeness (QED) is 0.260. The summed E-state index contributed by atoms with van der Waals surface area (Å²) in [6, 6.07) is 10.9. The van der Waals surface area contributed by atoms with Crippen molar-refractivity contribution in [3.8, 4) is 5.88 Å². The van der Waals surface area contributed by atoms with E-state index in [0.717, 1.165) is 11.1 Å². The number of rotatable bonds is 10. The first kappa shape index (κ1) is 27.0. The molecule has 6 nitrogen and oxygen atoms in total. The Morgan fingerprint density at radius 2 is 1.77 bits per heavy atom. The molecule has 0 atom stereocenters. The molecule has 10 heteroatoms. The molecule has 0 bridgehead atoms. The van der Waals surface area contributed by atoms with Gasteiger partial charge in [-0.25, -0.2) is 9.98 Å². The third-order valence-electron chi connectivity index (χ3n) is 3.90. The average molecular weight is 552 g/mol. The molecule has 0 aliphatic heterocycles. The fraction of sp³-hybridized carbons (Fsp3) is 0.429. The highest BCUT2D eigenvalue weighted by Crippen LogP contribution is 2.16. The van der Waals surface area contributed by atoms with Crippen LogP contribution in [0.3, 0.4) is 0 Å². The number of nitrogens with zero attached hydrogens (tertiary/aromatic N) is 2. The molecule has 2 N–H and O–H groups in total. The Kier molecular flexibility index (Phi) is 12.2. The van der Waals surface area contributed by atoms with E-state index >= 15 is 0 Å². The minimum Gasteiger partial charge on any atom is -0.478 e. The molecule has 172 valence electrons. The Morgan fingerprint density at radius 1 is 1.06 bits per heavy atom. The van der Waals surface area contributed by atoms with Gasteiger partial charge < -0.3 is 20.1 Å². The van der Waals surface area contributed by atoms with Crippen molar-refractivity contribution in [2.24, 2.45) is 4.99 Å². The minimum atomic E-state index is -4.32. The summed E-state index contributed by atoms with van der Waals surface area (Å²) in [7, 11) is 0. The lowest BCUT2D eigenvalue weighted by molar-refractivity contribution is -0.176. The number of hydrogen-bond donors (Lipinski definition) is 2. The summed E-state index contributed by atoms with van der Waals surface area (Å²) in [4.78, 5) is 8.79. The topological polar surface area (TPSA) is 67.8 Å². The fourth-order valence-corrected chi connectivity index (χ4v) is 2.54. The molecule has 2 rings (SSSR count). The van der Waals surface area contributed by atoms with Crippen LogP contribution in [0.25, 0.3) is 0 Å². The maximum absolute atomic E-state index is 12.1. The van der Waals surface area contributed by atoms with Gasteiger partial charge in [-0.05, 0) is 31.0 Å². The number of hydrogen-bond acceptors (Lipinski definition) is 4. The maximum Gasteiger partial charge on any atom is 0.411 e. The third kappa shape index (κ3) is 10.7. The highest BCUT2D eigenvalue weighted by molar-refractivity contribution is 14.0. The van der Waals surface area contributed by atoms with Crippen LogP contribution in [0, 0.1) is 0 Å². The van der Waals surface area contributed by atoms with E-state index in [4.69, 9.17) is 4.74 Å². The molecule has 1 aromatic carbocycles. The van der Waals surface area contributed by atoms with Crippen LogP contribution in [-0.4, -0.2) is 36.9 Å². The lowest BCUT2D eigenvalue weighted by Crippen LogP contribution is -2.36. The van der Waals surface area contributed by atoms with Gasteiger partial charge in [0.25, 0.3) is 0 Å². The molecule has 2 aromatic rings. The summed E-state index contributed by atoms with van der Waals surface area (Å²) in [5.74, 6) is 1.23. The zero-order valence-electron chi connectivity index (χ0n) is 17.5. The monoisotopic (exact) mass is 552 g/mol. The summed E-state index contributed by atoms with van der Waals surface area (Å²) in [6.45, 7) is 4.71. The van der Waals surface area contributed by atoms with E-state index in [1.807, 2.05) is 38.1 Å². The van der Waals surface area contributed by atoms with Gasteiger partial charge in [0.1, 0.15) is 6.61 Å². The molecule has 1 heterocycles. The summed E-state index contributed by atoms with van der Waals surface area (Å²) < 4.78 is 46.6. The number of alkyl halides is 3. The molecular weight excluding hydrogens is 524 g/mol. The summed E-state index contributed by atoms with van der Waals surface area (Å²) in [6.07, 6.45) is -2.63. The molecule has 0 aliphatic carbocycles. The molecule has 0 radical (unpaired) electrons. The van der Waals surface area contributed by atoms with Gasteiger partial charge in [-0.1, -0.05) is 30.3 Å². The predicted octanol–water partition coefficient (Wildman–Crippen LogP) is 4.43. The van der Waals surface area contributed by atoms with Crippen LogP contribution in [0.2, 0.25) is 0 Å². The van der Waals surface area contributed by atoms with E-state index in [2.05, 4.69) is 25.3 Å². The molecule has 0 spiro atoms. The van der Waals surface area contributed by atoms with Gasteiger partial charge in [0.2, 0.25) is 5.88 Å². The number of ether oxygens (including phenoxy) is 2. The van der Waals surface area contributed by atoms with Crippen LogP contribution < -0.4 is 15.4 Å². The average Bonchev–Trinajstić information content (AvgIpc) is 2.71. The predicted molar refractivity (Wildman–Crippen MR) is 125 cm³/mol. The van der Waals surface area contributed by atoms with E-state index in [1.165, 1.54) is 0 Å². The van der Waals surface area contributed by atoms with Crippen LogP contribution in [-0.2, 0) is 24.4 Å². The van der Waals surface area contributed by atoms with Crippen LogP contribution in [0.4, 0.5) is 13.2 Å². The van der Waals surface area contributed by atoms with E-state index < -0.39 is 12.8 Å². The lowest BCUT2D eigenvalue weighted by atomic mass is 10.1. The largest absolute Gasteiger partial charge is 0.478 e. The highest BCUT2D eigenvalue weighted by Gasteiger charge is 2.27. The Labute approximate surface area is 197 Å². The van der Waals surface area contributed by atoms with Gasteiger partial charge >= 0.3 is 6.18 Å². The Hall–Kier alpha value is -2.08. The van der Waals surface area contributed by atoms with Crippen molar-refractivity contribution in [1.82, 2.24) is 15.6 Å². The van der Waals surface area contributed by atoms with E-state index in [-0.39, 0.29) is 30.6 Å². The fourth-order valence-electron chi connectivity index (χ4n) is 2.54. The SMILES string of the molecule is CCNC(=NCc1ccc(COCC(F)(F)F)cc1)NCc1cccnc1OCC.I. The van der Waals surface area contributed by atoms with Gasteiger partial charge in [0, 0.05) is 24.8 Å². The van der Waals surface area contributed by atoms with Gasteiger partial charge in [-0.2, -0.15) is 13.2 Å². The first-order valence-corrected chi connectivity index (χ1v) is 9.72. The van der Waals surface area contributed by atoms with Gasteiger partial charge in [-0.15, -0.1) is 24.0 Å². The Bertz CT molecular complexity index is 802. The van der Waals surface area contributed by atoms with Crippen molar-refractivity contribution in [2.45, 2.75) is 39.7 Å². The van der Waals surface area contributed by atoms with Crippen molar-refractivity contribution < 1.29 is 22.6 Å². The first-order valence-electron chi connectivity index (χ1n) is 9.72. The molecule has 0 saturated carbocycles. The Balaban J connectivity index is 0.00000480. The number of benzene rings is 1. The van der Waals surface area contributed by atoms with Crippen LogP contribution in [0.5, 0.6) is 5.88 Å². The Morgan fingerprint density at radius 3 is 2.42 bits per heavy atom. The van der Waals surface area contributed by atoms with Crippen LogP contribution in [0.1, 0.15) is 30.5 Å². The standard InChI is InChI=1S/C21H27F3N4O2.HI/c1-3-25-20(28-13-18-6-5-11-26-19(18)30-4-2)27-12-16-7-9-17(10-8-16)14-29-15-21(22,23)24;/h5-11H,3-4,12-15H2,1-2H3,(H2,25,27,28);1H. The molecule has 0 amide bonds. The summed E-state index contributed by atoms with van der Waals surface area (Å²) in [5.41, 5.74) is 2.54. The maximum atomic E-state index is 12.1. The number of aliphatic imine (C=N–C) groups is 1. The lowest BCUT2D eigenvalue weighted by Gasteiger charge is -2.13. The van der Waals surface area contributed by atoms with Gasteiger partial charge in [0.15, 0.2) is 5.96 Å². The number of halogens is 4. The van der Waals surface area contributed by atoms with Crippen LogP contribution in [0.15, 0.2) is 47.6 Å². The number of pyridine rings is 1. The second-order valence-electron chi connectivity index (χ2n) is 6.37. The molecule has 1 aromatic heterocycles. The van der Waals surface area contributed by atoms with Crippen molar-refractivity contribution in [2.75, 3.05) is 19.8 Å². The molecule has 0 aliphatic rings. The number of nitrogens with one attached hydrogen (secondary N) is 2. The van der Waals surface area contributed by atoms with E-state index in [1.54, 1.807) is 18.3 Å². The first-order chi connectivity index (χ1) is 14.4. The third-order valence-corrected chi connectivity index (χ3v) is 3.90. The summed E-state index contributed by atoms with van der Waals surface area (Å²) >= 11 is 0. The molecule has 0 saturated heterocycles. The highest BCUT2D eigenvalue weighted by atomic mass is 127. The zero-order chi connectivity index (χ0) is 21.8. The van der Waals surface area contributed by atoms with E-state index in [0.29, 0.717) is 43.6 Å². The molecule has 31 heavy (non-hydrogen) atoms. The van der Waals surface area contributed by atoms with E-state index in [9.17, 15) is 13.2 Å². The van der Waals surface area contributed by atoms with Crippen molar-refractivity contribution in [3.63, 3.8) is 0 Å². The van der Waals surface area contributed by atoms with Crippen molar-refractivity contribution >= 4 is 29.9 Å².